The van der Waals surface area contributed by atoms with Crippen molar-refractivity contribution in [3.8, 4) is 0 Å². The van der Waals surface area contributed by atoms with Gasteiger partial charge in [0.15, 0.2) is 0 Å². The van der Waals surface area contributed by atoms with Crippen molar-refractivity contribution < 1.29 is 4.79 Å². The molecule has 0 heterocycles. The van der Waals surface area contributed by atoms with Crippen LogP contribution in [0.3, 0.4) is 0 Å². The lowest BCUT2D eigenvalue weighted by Gasteiger charge is -2.09. The lowest BCUT2D eigenvalue weighted by Crippen LogP contribution is -2.33. The van der Waals surface area contributed by atoms with Crippen molar-refractivity contribution in [2.45, 2.75) is 19.8 Å². The van der Waals surface area contributed by atoms with Gasteiger partial charge in [-0.3, -0.25) is 4.79 Å². The molecule has 3 heteroatoms. The first-order chi connectivity index (χ1) is 7.74. The molecule has 0 aromatic heterocycles. The van der Waals surface area contributed by atoms with E-state index >= 15 is 0 Å². The van der Waals surface area contributed by atoms with Crippen molar-refractivity contribution in [3.05, 3.63) is 35.9 Å². The molecule has 0 saturated carbocycles. The summed E-state index contributed by atoms with van der Waals surface area (Å²) in [5, 5.41) is 2.88. The predicted molar refractivity (Wildman–Crippen MR) is 66.0 cm³/mol. The van der Waals surface area contributed by atoms with E-state index in [1.54, 1.807) is 0 Å². The summed E-state index contributed by atoms with van der Waals surface area (Å²) in [4.78, 5) is 11.4. The van der Waals surface area contributed by atoms with E-state index in [-0.39, 0.29) is 11.8 Å². The molecule has 0 aliphatic heterocycles. The molecule has 0 saturated heterocycles. The van der Waals surface area contributed by atoms with Gasteiger partial charge < -0.3 is 11.1 Å². The molecule has 3 nitrogen and oxygen atoms in total. The molecule has 1 amide bonds. The van der Waals surface area contributed by atoms with Gasteiger partial charge in [0.25, 0.3) is 0 Å². The van der Waals surface area contributed by atoms with E-state index < -0.39 is 0 Å². The third-order valence-electron chi connectivity index (χ3n) is 2.59. The van der Waals surface area contributed by atoms with Gasteiger partial charge in [0.05, 0.1) is 0 Å². The lowest BCUT2D eigenvalue weighted by atomic mass is 10.1. The number of hydrogen-bond acceptors (Lipinski definition) is 2. The van der Waals surface area contributed by atoms with Crippen molar-refractivity contribution >= 4 is 5.91 Å². The lowest BCUT2D eigenvalue weighted by molar-refractivity contribution is -0.124. The summed E-state index contributed by atoms with van der Waals surface area (Å²) in [5.41, 5.74) is 6.72. The predicted octanol–water partition coefficient (Wildman–Crippen LogP) is 1.33. The second-order valence-electron chi connectivity index (χ2n) is 4.02. The van der Waals surface area contributed by atoms with Crippen LogP contribution < -0.4 is 11.1 Å². The Labute approximate surface area is 97.0 Å². The molecule has 3 N–H and O–H groups in total. The Morgan fingerprint density at radius 1 is 1.38 bits per heavy atom. The fourth-order valence-corrected chi connectivity index (χ4v) is 1.43. The molecular formula is C13H20N2O. The molecule has 0 bridgehead atoms. The normalized spacial score (nSPS) is 12.1. The summed E-state index contributed by atoms with van der Waals surface area (Å²) >= 11 is 0. The zero-order chi connectivity index (χ0) is 11.8. The zero-order valence-corrected chi connectivity index (χ0v) is 9.78. The topological polar surface area (TPSA) is 55.1 Å². The highest BCUT2D eigenvalue weighted by Gasteiger charge is 2.08. The largest absolute Gasteiger partial charge is 0.356 e. The molecule has 0 fully saturated rings. The highest BCUT2D eigenvalue weighted by atomic mass is 16.1. The maximum absolute atomic E-state index is 11.4. The highest BCUT2D eigenvalue weighted by Crippen LogP contribution is 2.01. The minimum Gasteiger partial charge on any atom is -0.356 e. The van der Waals surface area contributed by atoms with Gasteiger partial charge in [-0.1, -0.05) is 37.3 Å². The fourth-order valence-electron chi connectivity index (χ4n) is 1.43. The average molecular weight is 220 g/mol. The Morgan fingerprint density at radius 3 is 2.69 bits per heavy atom. The Hall–Kier alpha value is -1.35. The third kappa shape index (κ3) is 4.45. The molecule has 0 spiro atoms. The van der Waals surface area contributed by atoms with Gasteiger partial charge in [-0.15, -0.1) is 0 Å². The van der Waals surface area contributed by atoms with Crippen molar-refractivity contribution in [3.63, 3.8) is 0 Å². The summed E-state index contributed by atoms with van der Waals surface area (Å²) in [7, 11) is 0. The van der Waals surface area contributed by atoms with Crippen LogP contribution in [0.15, 0.2) is 30.3 Å². The van der Waals surface area contributed by atoms with Gasteiger partial charge in [-0.25, -0.2) is 0 Å². The smallest absolute Gasteiger partial charge is 0.224 e. The van der Waals surface area contributed by atoms with Crippen molar-refractivity contribution in [1.29, 1.82) is 0 Å². The SMILES string of the molecule is CC(CN)C(=O)NCCCc1ccccc1. The van der Waals surface area contributed by atoms with E-state index in [0.29, 0.717) is 6.54 Å². The van der Waals surface area contributed by atoms with Gasteiger partial charge in [0.1, 0.15) is 0 Å². The summed E-state index contributed by atoms with van der Waals surface area (Å²) in [6.45, 7) is 2.97. The molecule has 1 aromatic rings. The standard InChI is InChI=1S/C13H20N2O/c1-11(10-14)13(16)15-9-5-8-12-6-3-2-4-7-12/h2-4,6-7,11H,5,8-10,14H2,1H3,(H,15,16). The molecule has 1 unspecified atom stereocenters. The minimum absolute atomic E-state index is 0.0514. The summed E-state index contributed by atoms with van der Waals surface area (Å²) in [6.07, 6.45) is 1.96. The number of aryl methyl sites for hydroxylation is 1. The van der Waals surface area contributed by atoms with E-state index in [1.807, 2.05) is 25.1 Å². The van der Waals surface area contributed by atoms with E-state index in [1.165, 1.54) is 5.56 Å². The molecule has 16 heavy (non-hydrogen) atoms. The third-order valence-corrected chi connectivity index (χ3v) is 2.59. The second kappa shape index (κ2) is 7.01. The Kier molecular flexibility index (Phi) is 5.57. The number of carbonyl (C=O) groups is 1. The van der Waals surface area contributed by atoms with Gasteiger partial charge in [0, 0.05) is 19.0 Å². The van der Waals surface area contributed by atoms with Crippen molar-refractivity contribution in [2.75, 3.05) is 13.1 Å². The van der Waals surface area contributed by atoms with Gasteiger partial charge in [0.2, 0.25) is 5.91 Å². The van der Waals surface area contributed by atoms with Crippen LogP contribution in [0.4, 0.5) is 0 Å². The molecule has 0 aliphatic carbocycles. The van der Waals surface area contributed by atoms with E-state index in [0.717, 1.165) is 19.4 Å². The average Bonchev–Trinajstić information content (AvgIpc) is 2.34. The van der Waals surface area contributed by atoms with Crippen LogP contribution in [0.5, 0.6) is 0 Å². The molecule has 1 aromatic carbocycles. The first-order valence-corrected chi connectivity index (χ1v) is 5.75. The van der Waals surface area contributed by atoms with Crippen LogP contribution in [0.2, 0.25) is 0 Å². The number of carbonyl (C=O) groups excluding carboxylic acids is 1. The van der Waals surface area contributed by atoms with Crippen LogP contribution in [0.1, 0.15) is 18.9 Å². The first kappa shape index (κ1) is 12.7. The van der Waals surface area contributed by atoms with Crippen LogP contribution in [-0.2, 0) is 11.2 Å². The zero-order valence-electron chi connectivity index (χ0n) is 9.78. The minimum atomic E-state index is -0.0864. The summed E-state index contributed by atoms with van der Waals surface area (Å²) in [5.74, 6) is -0.0349. The molecule has 1 rings (SSSR count). The molecule has 88 valence electrons. The van der Waals surface area contributed by atoms with E-state index in [2.05, 4.69) is 17.4 Å². The van der Waals surface area contributed by atoms with E-state index in [9.17, 15) is 4.79 Å². The van der Waals surface area contributed by atoms with Crippen LogP contribution in [0, 0.1) is 5.92 Å². The van der Waals surface area contributed by atoms with Crippen LogP contribution in [0.25, 0.3) is 0 Å². The molecular weight excluding hydrogens is 200 g/mol. The highest BCUT2D eigenvalue weighted by molar-refractivity contribution is 5.78. The number of nitrogens with two attached hydrogens (primary N) is 1. The van der Waals surface area contributed by atoms with E-state index in [4.69, 9.17) is 5.73 Å². The maximum atomic E-state index is 11.4. The number of rotatable bonds is 6. The monoisotopic (exact) mass is 220 g/mol. The summed E-state index contributed by atoms with van der Waals surface area (Å²) in [6, 6.07) is 10.3. The summed E-state index contributed by atoms with van der Waals surface area (Å²) < 4.78 is 0. The first-order valence-electron chi connectivity index (χ1n) is 5.75. The second-order valence-corrected chi connectivity index (χ2v) is 4.02. The number of hydrogen-bond donors (Lipinski definition) is 2. The molecule has 0 aliphatic rings. The van der Waals surface area contributed by atoms with Crippen LogP contribution in [-0.4, -0.2) is 19.0 Å². The van der Waals surface area contributed by atoms with Crippen molar-refractivity contribution in [2.24, 2.45) is 11.7 Å². The Balaban J connectivity index is 2.15. The number of nitrogens with one attached hydrogen (secondary N) is 1. The van der Waals surface area contributed by atoms with Crippen LogP contribution >= 0.6 is 0 Å². The molecule has 0 radical (unpaired) electrons. The quantitative estimate of drug-likeness (QED) is 0.711. The van der Waals surface area contributed by atoms with Gasteiger partial charge in [-0.05, 0) is 18.4 Å². The number of benzene rings is 1. The number of amides is 1. The maximum Gasteiger partial charge on any atom is 0.224 e. The Morgan fingerprint density at radius 2 is 2.06 bits per heavy atom. The fraction of sp³-hybridized carbons (Fsp3) is 0.462. The van der Waals surface area contributed by atoms with Crippen molar-refractivity contribution in [1.82, 2.24) is 5.32 Å². The van der Waals surface area contributed by atoms with Gasteiger partial charge in [-0.2, -0.15) is 0 Å². The Bertz CT molecular complexity index is 311. The molecule has 1 atom stereocenters. The van der Waals surface area contributed by atoms with Gasteiger partial charge >= 0.3 is 0 Å².